The highest BCUT2D eigenvalue weighted by Crippen LogP contribution is 2.29. The van der Waals surface area contributed by atoms with E-state index in [-0.39, 0.29) is 0 Å². The minimum Gasteiger partial charge on any atom is -0.313 e. The first kappa shape index (κ1) is 12.7. The molecule has 0 amide bonds. The van der Waals surface area contributed by atoms with Gasteiger partial charge in [0.1, 0.15) is 0 Å². The van der Waals surface area contributed by atoms with Gasteiger partial charge in [-0.1, -0.05) is 20.4 Å². The van der Waals surface area contributed by atoms with Crippen molar-refractivity contribution in [2.45, 2.75) is 33.1 Å². The molecule has 1 rings (SSSR count). The molecular weight excluding hydrogens is 184 g/mol. The van der Waals surface area contributed by atoms with E-state index in [9.17, 15) is 0 Å². The average molecular weight is 210 g/mol. The van der Waals surface area contributed by atoms with E-state index in [4.69, 9.17) is 0 Å². The van der Waals surface area contributed by atoms with Crippen molar-refractivity contribution >= 4 is 0 Å². The van der Waals surface area contributed by atoms with E-state index in [0.717, 1.165) is 25.6 Å². The van der Waals surface area contributed by atoms with Crippen LogP contribution in [0.4, 0.5) is 0 Å². The summed E-state index contributed by atoms with van der Waals surface area (Å²) in [6, 6.07) is 0. The lowest BCUT2D eigenvalue weighted by atomic mass is 10.2. The average Bonchev–Trinajstić information content (AvgIpc) is 2.99. The van der Waals surface area contributed by atoms with Crippen LogP contribution in [0.2, 0.25) is 0 Å². The molecule has 1 N–H and O–H groups in total. The summed E-state index contributed by atoms with van der Waals surface area (Å²) in [5, 5.41) is 3.34. The zero-order valence-corrected chi connectivity index (χ0v) is 10.4. The Morgan fingerprint density at radius 1 is 1.40 bits per heavy atom. The molecule has 88 valence electrons. The highest BCUT2D eigenvalue weighted by atomic mass is 15.1. The summed E-state index contributed by atoms with van der Waals surface area (Å²) in [4.78, 5) is 2.57. The van der Waals surface area contributed by atoms with Crippen LogP contribution < -0.4 is 5.32 Å². The van der Waals surface area contributed by atoms with E-state index in [2.05, 4.69) is 30.6 Å². The fourth-order valence-corrected chi connectivity index (χ4v) is 1.89. The van der Waals surface area contributed by atoms with Crippen molar-refractivity contribution in [1.29, 1.82) is 0 Å². The second-order valence-electron chi connectivity index (χ2n) is 4.71. The fourth-order valence-electron chi connectivity index (χ4n) is 1.89. The summed E-state index contributed by atoms with van der Waals surface area (Å²) in [6.45, 7) is 14.1. The third-order valence-corrected chi connectivity index (χ3v) is 2.83. The number of rotatable bonds is 9. The predicted molar refractivity (Wildman–Crippen MR) is 67.1 cm³/mol. The van der Waals surface area contributed by atoms with Gasteiger partial charge >= 0.3 is 0 Å². The quantitative estimate of drug-likeness (QED) is 0.587. The van der Waals surface area contributed by atoms with Gasteiger partial charge in [-0.05, 0) is 43.8 Å². The molecule has 0 heterocycles. The SMILES string of the molecule is C=C(CNCC)CN(CCC)CC1CC1. The van der Waals surface area contributed by atoms with Crippen molar-refractivity contribution in [2.75, 3.05) is 32.7 Å². The van der Waals surface area contributed by atoms with Crippen LogP contribution in [0.3, 0.4) is 0 Å². The van der Waals surface area contributed by atoms with Gasteiger partial charge in [0.2, 0.25) is 0 Å². The van der Waals surface area contributed by atoms with Crippen LogP contribution in [0, 0.1) is 5.92 Å². The monoisotopic (exact) mass is 210 g/mol. The number of nitrogens with zero attached hydrogens (tertiary/aromatic N) is 1. The van der Waals surface area contributed by atoms with Crippen LogP contribution in [0.1, 0.15) is 33.1 Å². The summed E-state index contributed by atoms with van der Waals surface area (Å²) < 4.78 is 0. The van der Waals surface area contributed by atoms with Crippen LogP contribution in [-0.4, -0.2) is 37.6 Å². The number of nitrogens with one attached hydrogen (secondary N) is 1. The Morgan fingerprint density at radius 3 is 2.67 bits per heavy atom. The van der Waals surface area contributed by atoms with Gasteiger partial charge in [0.15, 0.2) is 0 Å². The Hall–Kier alpha value is -0.340. The standard InChI is InChI=1S/C13H26N2/c1-4-8-15(11-13-6-7-13)10-12(3)9-14-5-2/h13-14H,3-11H2,1-2H3. The molecule has 0 unspecified atom stereocenters. The first-order valence-corrected chi connectivity index (χ1v) is 6.36. The molecule has 2 heteroatoms. The van der Waals surface area contributed by atoms with Crippen LogP contribution in [0.15, 0.2) is 12.2 Å². The number of likely N-dealkylation sites (N-methyl/N-ethyl adjacent to an activating group) is 1. The summed E-state index contributed by atoms with van der Waals surface area (Å²) in [6.07, 6.45) is 4.14. The van der Waals surface area contributed by atoms with Gasteiger partial charge in [-0.3, -0.25) is 4.90 Å². The molecule has 0 saturated heterocycles. The Bertz CT molecular complexity index is 185. The van der Waals surface area contributed by atoms with Gasteiger partial charge in [0.05, 0.1) is 0 Å². The molecule has 0 bridgehead atoms. The van der Waals surface area contributed by atoms with Crippen molar-refractivity contribution in [3.8, 4) is 0 Å². The highest BCUT2D eigenvalue weighted by molar-refractivity contribution is 5.00. The van der Waals surface area contributed by atoms with Crippen LogP contribution >= 0.6 is 0 Å². The zero-order chi connectivity index (χ0) is 11.1. The maximum absolute atomic E-state index is 4.14. The van der Waals surface area contributed by atoms with E-state index >= 15 is 0 Å². The van der Waals surface area contributed by atoms with Gasteiger partial charge in [-0.15, -0.1) is 0 Å². The first-order chi connectivity index (χ1) is 7.26. The lowest BCUT2D eigenvalue weighted by Crippen LogP contribution is -2.31. The van der Waals surface area contributed by atoms with E-state index in [1.807, 2.05) is 0 Å². The van der Waals surface area contributed by atoms with Gasteiger partial charge in [-0.2, -0.15) is 0 Å². The van der Waals surface area contributed by atoms with Gasteiger partial charge in [-0.25, -0.2) is 0 Å². The molecule has 15 heavy (non-hydrogen) atoms. The summed E-state index contributed by atoms with van der Waals surface area (Å²) in [5.74, 6) is 0.989. The smallest absolute Gasteiger partial charge is 0.0202 e. The van der Waals surface area contributed by atoms with E-state index in [1.165, 1.54) is 37.9 Å². The molecule has 0 aliphatic heterocycles. The Morgan fingerprint density at radius 2 is 2.13 bits per heavy atom. The lowest BCUT2D eigenvalue weighted by Gasteiger charge is -2.22. The summed E-state index contributed by atoms with van der Waals surface area (Å²) in [5.41, 5.74) is 1.32. The van der Waals surface area contributed by atoms with E-state index in [0.29, 0.717) is 0 Å². The molecule has 1 aliphatic rings. The molecule has 2 nitrogen and oxygen atoms in total. The first-order valence-electron chi connectivity index (χ1n) is 6.36. The van der Waals surface area contributed by atoms with Crippen molar-refractivity contribution in [1.82, 2.24) is 10.2 Å². The molecule has 0 spiro atoms. The Kier molecular flexibility index (Phi) is 5.96. The van der Waals surface area contributed by atoms with Crippen molar-refractivity contribution in [3.05, 3.63) is 12.2 Å². The molecule has 0 aromatic carbocycles. The largest absolute Gasteiger partial charge is 0.313 e. The molecule has 1 aliphatic carbocycles. The van der Waals surface area contributed by atoms with Crippen molar-refractivity contribution in [3.63, 3.8) is 0 Å². The van der Waals surface area contributed by atoms with Crippen LogP contribution in [-0.2, 0) is 0 Å². The van der Waals surface area contributed by atoms with Gasteiger partial charge in [0.25, 0.3) is 0 Å². The second-order valence-corrected chi connectivity index (χ2v) is 4.71. The number of hydrogen-bond acceptors (Lipinski definition) is 2. The fraction of sp³-hybridized carbons (Fsp3) is 0.846. The predicted octanol–water partition coefficient (Wildman–Crippen LogP) is 2.27. The summed E-state index contributed by atoms with van der Waals surface area (Å²) in [7, 11) is 0. The Labute approximate surface area is 94.7 Å². The lowest BCUT2D eigenvalue weighted by molar-refractivity contribution is 0.283. The van der Waals surface area contributed by atoms with Crippen molar-refractivity contribution in [2.24, 2.45) is 5.92 Å². The maximum Gasteiger partial charge on any atom is 0.0202 e. The molecule has 0 aromatic heterocycles. The number of hydrogen-bond donors (Lipinski definition) is 1. The topological polar surface area (TPSA) is 15.3 Å². The Balaban J connectivity index is 2.18. The van der Waals surface area contributed by atoms with Crippen molar-refractivity contribution < 1.29 is 0 Å². The molecule has 1 fully saturated rings. The second kappa shape index (κ2) is 7.02. The molecule has 0 aromatic rings. The zero-order valence-electron chi connectivity index (χ0n) is 10.4. The molecule has 1 saturated carbocycles. The summed E-state index contributed by atoms with van der Waals surface area (Å²) >= 11 is 0. The molecule has 0 atom stereocenters. The maximum atomic E-state index is 4.14. The minimum absolute atomic E-state index is 0.974. The van der Waals surface area contributed by atoms with E-state index < -0.39 is 0 Å². The van der Waals surface area contributed by atoms with Crippen LogP contribution in [0.25, 0.3) is 0 Å². The van der Waals surface area contributed by atoms with E-state index in [1.54, 1.807) is 0 Å². The molecular formula is C13H26N2. The minimum atomic E-state index is 0.974. The molecule has 0 radical (unpaired) electrons. The van der Waals surface area contributed by atoms with Gasteiger partial charge < -0.3 is 5.32 Å². The third kappa shape index (κ3) is 5.95. The third-order valence-electron chi connectivity index (χ3n) is 2.83. The van der Waals surface area contributed by atoms with Crippen LogP contribution in [0.5, 0.6) is 0 Å². The highest BCUT2D eigenvalue weighted by Gasteiger charge is 2.23. The van der Waals surface area contributed by atoms with Gasteiger partial charge in [0, 0.05) is 19.6 Å². The normalized spacial score (nSPS) is 15.9.